The van der Waals surface area contributed by atoms with E-state index in [1.807, 2.05) is 0 Å². The van der Waals surface area contributed by atoms with Crippen LogP contribution >= 0.6 is 11.8 Å². The molecular weight excluding hydrogens is 497 g/mol. The standard InChI is InChI=1S/C29H36F3N2O2S/c30-24-11-10-21(18-26(24)32)19-33(27-9-5-4-8-25(27)31)29(35)36-28-20-34(14-12-22(28)13-15-34)16-17-37-23-6-2-1-3-7-23/h4-5,8-11,18,22-23,28H,1-3,6-7,12-17,19-20H2/q+1. The number of fused-ring (bicyclic) bond motifs is 3. The van der Waals surface area contributed by atoms with Crippen LogP contribution in [0, 0.1) is 23.4 Å². The second kappa shape index (κ2) is 11.7. The maximum absolute atomic E-state index is 14.7. The van der Waals surface area contributed by atoms with Gasteiger partial charge in [0.2, 0.25) is 0 Å². The minimum atomic E-state index is -1.01. The molecule has 1 aliphatic carbocycles. The number of benzene rings is 2. The first-order chi connectivity index (χ1) is 17.9. The Bertz CT molecular complexity index is 1090. The van der Waals surface area contributed by atoms with Gasteiger partial charge in [-0.2, -0.15) is 11.8 Å². The summed E-state index contributed by atoms with van der Waals surface area (Å²) in [4.78, 5) is 14.7. The van der Waals surface area contributed by atoms with Crippen LogP contribution in [0.5, 0.6) is 0 Å². The fraction of sp³-hybridized carbons (Fsp3) is 0.552. The first-order valence-electron chi connectivity index (χ1n) is 13.6. The maximum Gasteiger partial charge on any atom is 0.415 e. The molecule has 4 fully saturated rings. The highest BCUT2D eigenvalue weighted by molar-refractivity contribution is 7.99. The van der Waals surface area contributed by atoms with E-state index in [-0.39, 0.29) is 18.3 Å². The number of carbonyl (C=O) groups excluding carboxylic acids is 1. The van der Waals surface area contributed by atoms with Gasteiger partial charge < -0.3 is 9.22 Å². The summed E-state index contributed by atoms with van der Waals surface area (Å²) in [6.45, 7) is 4.00. The number of nitrogens with zero attached hydrogens (tertiary/aromatic N) is 2. The van der Waals surface area contributed by atoms with Gasteiger partial charge in [0.15, 0.2) is 17.7 Å². The highest BCUT2D eigenvalue weighted by atomic mass is 32.2. The number of ether oxygens (including phenoxy) is 1. The minimum absolute atomic E-state index is 0.0614. The quantitative estimate of drug-likeness (QED) is 0.345. The summed E-state index contributed by atoms with van der Waals surface area (Å²) in [7, 11) is 0. The minimum Gasteiger partial charge on any atom is -0.440 e. The highest BCUT2D eigenvalue weighted by Gasteiger charge is 2.48. The third-order valence-electron chi connectivity index (χ3n) is 8.45. The van der Waals surface area contributed by atoms with E-state index in [0.29, 0.717) is 11.5 Å². The van der Waals surface area contributed by atoms with E-state index in [4.69, 9.17) is 4.74 Å². The predicted molar refractivity (Wildman–Crippen MR) is 141 cm³/mol. The van der Waals surface area contributed by atoms with Gasteiger partial charge in [-0.1, -0.05) is 37.5 Å². The van der Waals surface area contributed by atoms with Gasteiger partial charge in [-0.3, -0.25) is 4.90 Å². The van der Waals surface area contributed by atoms with E-state index in [1.165, 1.54) is 55.2 Å². The van der Waals surface area contributed by atoms with Crippen molar-refractivity contribution in [2.45, 2.75) is 62.8 Å². The zero-order valence-electron chi connectivity index (χ0n) is 21.2. The van der Waals surface area contributed by atoms with Gasteiger partial charge in [-0.15, -0.1) is 0 Å². The Morgan fingerprint density at radius 3 is 2.43 bits per heavy atom. The number of anilines is 1. The Morgan fingerprint density at radius 1 is 0.946 bits per heavy atom. The van der Waals surface area contributed by atoms with Crippen LogP contribution < -0.4 is 4.90 Å². The van der Waals surface area contributed by atoms with E-state index < -0.39 is 23.5 Å². The Morgan fingerprint density at radius 2 is 1.70 bits per heavy atom. The lowest BCUT2D eigenvalue weighted by Crippen LogP contribution is -2.65. The lowest BCUT2D eigenvalue weighted by Gasteiger charge is -2.52. The number of amides is 1. The van der Waals surface area contributed by atoms with Crippen LogP contribution in [0.2, 0.25) is 0 Å². The second-order valence-electron chi connectivity index (χ2n) is 10.9. The molecule has 1 unspecified atom stereocenters. The predicted octanol–water partition coefficient (Wildman–Crippen LogP) is 6.92. The number of para-hydroxylation sites is 1. The monoisotopic (exact) mass is 533 g/mol. The van der Waals surface area contributed by atoms with E-state index in [1.54, 1.807) is 12.1 Å². The number of hydrogen-bond donors (Lipinski definition) is 0. The van der Waals surface area contributed by atoms with Crippen LogP contribution in [0.1, 0.15) is 50.5 Å². The molecule has 0 radical (unpaired) electrons. The summed E-state index contributed by atoms with van der Waals surface area (Å²) in [5.74, 6) is -1.10. The SMILES string of the molecule is O=C(OC1C[N+]2(CCSC3CCCCC3)CCC1CC2)N(Cc1ccc(F)c(F)c1)c1ccccc1F. The molecule has 37 heavy (non-hydrogen) atoms. The van der Waals surface area contributed by atoms with Gasteiger partial charge in [-0.05, 0) is 42.7 Å². The average Bonchev–Trinajstić information content (AvgIpc) is 2.91. The summed E-state index contributed by atoms with van der Waals surface area (Å²) in [6, 6.07) is 9.42. The molecule has 2 bridgehead atoms. The zero-order valence-corrected chi connectivity index (χ0v) is 22.0. The number of piperidine rings is 3. The summed E-state index contributed by atoms with van der Waals surface area (Å²) < 4.78 is 49.1. The van der Waals surface area contributed by atoms with Crippen molar-refractivity contribution in [2.75, 3.05) is 36.8 Å². The molecular formula is C29H36F3N2O2S+. The molecule has 200 valence electrons. The van der Waals surface area contributed by atoms with E-state index in [2.05, 4.69) is 11.8 Å². The molecule has 0 spiro atoms. The van der Waals surface area contributed by atoms with Crippen molar-refractivity contribution in [3.05, 3.63) is 65.5 Å². The molecule has 0 aromatic heterocycles. The normalized spacial score (nSPS) is 25.7. The van der Waals surface area contributed by atoms with Gasteiger partial charge in [0.1, 0.15) is 12.4 Å². The molecule has 8 heteroatoms. The van der Waals surface area contributed by atoms with Crippen molar-refractivity contribution in [1.82, 2.24) is 0 Å². The van der Waals surface area contributed by atoms with Crippen LogP contribution in [0.15, 0.2) is 42.5 Å². The Labute approximate surface area is 221 Å². The van der Waals surface area contributed by atoms with Gasteiger partial charge in [0.25, 0.3) is 0 Å². The average molecular weight is 534 g/mol. The van der Waals surface area contributed by atoms with E-state index in [9.17, 15) is 18.0 Å². The molecule has 4 nitrogen and oxygen atoms in total. The number of halogens is 3. The van der Waals surface area contributed by atoms with Crippen LogP contribution in [0.4, 0.5) is 23.7 Å². The van der Waals surface area contributed by atoms with Gasteiger partial charge >= 0.3 is 6.09 Å². The fourth-order valence-electron chi connectivity index (χ4n) is 6.25. The molecule has 1 amide bonds. The van der Waals surface area contributed by atoms with Crippen molar-refractivity contribution >= 4 is 23.5 Å². The first kappa shape index (κ1) is 26.4. The van der Waals surface area contributed by atoms with E-state index in [0.717, 1.165) is 66.6 Å². The lowest BCUT2D eigenvalue weighted by atomic mass is 9.83. The molecule has 3 heterocycles. The van der Waals surface area contributed by atoms with Crippen LogP contribution in [-0.4, -0.2) is 53.9 Å². The molecule has 3 saturated heterocycles. The van der Waals surface area contributed by atoms with Gasteiger partial charge in [0.05, 0.1) is 31.9 Å². The number of thioether (sulfide) groups is 1. The number of carbonyl (C=O) groups is 1. The molecule has 4 aliphatic rings. The molecule has 1 saturated carbocycles. The summed E-state index contributed by atoms with van der Waals surface area (Å²) in [6.07, 6.45) is 7.89. The van der Waals surface area contributed by atoms with Gasteiger partial charge in [0, 0.05) is 29.8 Å². The first-order valence-corrected chi connectivity index (χ1v) is 14.6. The van der Waals surface area contributed by atoms with Gasteiger partial charge in [-0.25, -0.2) is 18.0 Å². The Hall–Kier alpha value is -2.19. The molecule has 0 N–H and O–H groups in total. The van der Waals surface area contributed by atoms with Crippen molar-refractivity contribution in [1.29, 1.82) is 0 Å². The summed E-state index contributed by atoms with van der Waals surface area (Å²) in [5.41, 5.74) is 0.419. The summed E-state index contributed by atoms with van der Waals surface area (Å²) >= 11 is 2.11. The molecule has 2 aromatic carbocycles. The zero-order chi connectivity index (χ0) is 25.8. The number of hydrogen-bond acceptors (Lipinski definition) is 3. The lowest BCUT2D eigenvalue weighted by molar-refractivity contribution is -0.943. The largest absolute Gasteiger partial charge is 0.440 e. The van der Waals surface area contributed by atoms with Crippen molar-refractivity contribution in [3.8, 4) is 0 Å². The topological polar surface area (TPSA) is 29.5 Å². The molecule has 3 aliphatic heterocycles. The maximum atomic E-state index is 14.7. The number of rotatable bonds is 8. The Kier molecular flexibility index (Phi) is 8.34. The second-order valence-corrected chi connectivity index (χ2v) is 12.3. The smallest absolute Gasteiger partial charge is 0.415 e. The van der Waals surface area contributed by atoms with Crippen molar-refractivity contribution in [3.63, 3.8) is 0 Å². The Balaban J connectivity index is 1.27. The van der Waals surface area contributed by atoms with Crippen LogP contribution in [0.3, 0.4) is 0 Å². The molecule has 2 aromatic rings. The fourth-order valence-corrected chi connectivity index (χ4v) is 7.74. The van der Waals surface area contributed by atoms with Crippen LogP contribution in [0.25, 0.3) is 0 Å². The van der Waals surface area contributed by atoms with Crippen molar-refractivity contribution < 1.29 is 27.2 Å². The number of quaternary nitrogens is 1. The molecule has 1 atom stereocenters. The highest BCUT2D eigenvalue weighted by Crippen LogP contribution is 2.37. The van der Waals surface area contributed by atoms with Crippen LogP contribution in [-0.2, 0) is 11.3 Å². The third kappa shape index (κ3) is 6.28. The third-order valence-corrected chi connectivity index (χ3v) is 9.81. The van der Waals surface area contributed by atoms with Crippen molar-refractivity contribution in [2.24, 2.45) is 5.92 Å². The van der Waals surface area contributed by atoms with E-state index >= 15 is 0 Å². The summed E-state index contributed by atoms with van der Waals surface area (Å²) in [5, 5.41) is 0.786. The molecule has 6 rings (SSSR count).